The molecule has 30 heavy (non-hydrogen) atoms. The Hall–Kier alpha value is -3.63. The maximum atomic E-state index is 13.4. The maximum Gasteiger partial charge on any atom is 0.281 e. The van der Waals surface area contributed by atoms with Crippen molar-refractivity contribution in [1.29, 1.82) is 0 Å². The number of hydrazone groups is 1. The molecule has 1 amide bonds. The molecule has 1 aliphatic heterocycles. The Balaban J connectivity index is 1.83. The van der Waals surface area contributed by atoms with Crippen molar-refractivity contribution in [2.75, 3.05) is 11.6 Å². The highest BCUT2D eigenvalue weighted by Gasteiger charge is 2.32. The summed E-state index contributed by atoms with van der Waals surface area (Å²) in [6.45, 7) is 4.04. The van der Waals surface area contributed by atoms with E-state index in [1.807, 2.05) is 60.7 Å². The number of para-hydroxylation sites is 1. The second-order valence-electron chi connectivity index (χ2n) is 6.61. The molecule has 0 atom stereocenters. The standard InChI is InChI=1S/C25H19ClN2O2/c1-2-15-30-23-14-13-20(26)16-19(23)17-22-24(18-9-5-3-6-10-18)27-28(25(22)29)21-11-7-4-8-12-21/h2-14,16-17H,1,15H2/b22-17-. The van der Waals surface area contributed by atoms with E-state index in [1.54, 1.807) is 30.4 Å². The molecule has 0 N–H and O–H groups in total. The quantitative estimate of drug-likeness (QED) is 0.381. The van der Waals surface area contributed by atoms with Gasteiger partial charge in [0.25, 0.3) is 5.91 Å². The Morgan fingerprint density at radius 1 is 1.00 bits per heavy atom. The first-order chi connectivity index (χ1) is 14.7. The van der Waals surface area contributed by atoms with Gasteiger partial charge in [-0.3, -0.25) is 4.79 Å². The number of hydrogen-bond acceptors (Lipinski definition) is 3. The first-order valence-corrected chi connectivity index (χ1v) is 9.84. The Morgan fingerprint density at radius 3 is 2.40 bits per heavy atom. The average molecular weight is 415 g/mol. The zero-order valence-electron chi connectivity index (χ0n) is 16.2. The fourth-order valence-corrected chi connectivity index (χ4v) is 3.35. The van der Waals surface area contributed by atoms with Gasteiger partial charge in [0.15, 0.2) is 0 Å². The van der Waals surface area contributed by atoms with Crippen LogP contribution in [0.4, 0.5) is 5.69 Å². The fourth-order valence-electron chi connectivity index (χ4n) is 3.17. The van der Waals surface area contributed by atoms with Gasteiger partial charge < -0.3 is 4.74 Å². The smallest absolute Gasteiger partial charge is 0.281 e. The van der Waals surface area contributed by atoms with Gasteiger partial charge in [0.1, 0.15) is 18.1 Å². The molecule has 0 fully saturated rings. The van der Waals surface area contributed by atoms with Crippen molar-refractivity contribution < 1.29 is 9.53 Å². The topological polar surface area (TPSA) is 41.9 Å². The van der Waals surface area contributed by atoms with Gasteiger partial charge in [0.2, 0.25) is 0 Å². The summed E-state index contributed by atoms with van der Waals surface area (Å²) in [5.74, 6) is 0.403. The molecule has 4 rings (SSSR count). The van der Waals surface area contributed by atoms with Crippen LogP contribution < -0.4 is 9.75 Å². The van der Waals surface area contributed by atoms with Gasteiger partial charge in [-0.2, -0.15) is 10.1 Å². The van der Waals surface area contributed by atoms with E-state index in [2.05, 4.69) is 11.7 Å². The molecule has 0 saturated carbocycles. The number of halogens is 1. The molecular weight excluding hydrogens is 396 g/mol. The molecule has 0 spiro atoms. The zero-order valence-corrected chi connectivity index (χ0v) is 16.9. The third-order valence-corrected chi connectivity index (χ3v) is 4.79. The van der Waals surface area contributed by atoms with Gasteiger partial charge in [-0.15, -0.1) is 0 Å². The van der Waals surface area contributed by atoms with Crippen LogP contribution in [0.5, 0.6) is 5.75 Å². The number of nitrogens with zero attached hydrogens (tertiary/aromatic N) is 2. The van der Waals surface area contributed by atoms with Crippen LogP contribution in [0.2, 0.25) is 5.02 Å². The first kappa shape index (κ1) is 19.7. The molecule has 0 aliphatic carbocycles. The van der Waals surface area contributed by atoms with Crippen molar-refractivity contribution in [3.8, 4) is 5.75 Å². The van der Waals surface area contributed by atoms with Crippen molar-refractivity contribution in [3.05, 3.63) is 113 Å². The maximum absolute atomic E-state index is 13.4. The van der Waals surface area contributed by atoms with Gasteiger partial charge in [0.05, 0.1) is 11.3 Å². The number of hydrogen-bond donors (Lipinski definition) is 0. The molecular formula is C25H19ClN2O2. The highest BCUT2D eigenvalue weighted by atomic mass is 35.5. The minimum Gasteiger partial charge on any atom is -0.489 e. The van der Waals surface area contributed by atoms with E-state index in [-0.39, 0.29) is 5.91 Å². The van der Waals surface area contributed by atoms with Crippen LogP contribution in [0.25, 0.3) is 6.08 Å². The highest BCUT2D eigenvalue weighted by Crippen LogP contribution is 2.31. The molecule has 148 valence electrons. The van der Waals surface area contributed by atoms with Gasteiger partial charge in [0, 0.05) is 16.1 Å². The average Bonchev–Trinajstić information content (AvgIpc) is 3.10. The van der Waals surface area contributed by atoms with Crippen molar-refractivity contribution in [2.24, 2.45) is 5.10 Å². The van der Waals surface area contributed by atoms with Crippen LogP contribution in [0.1, 0.15) is 11.1 Å². The number of anilines is 1. The van der Waals surface area contributed by atoms with E-state index in [9.17, 15) is 4.79 Å². The molecule has 0 aromatic heterocycles. The second-order valence-corrected chi connectivity index (χ2v) is 7.04. The van der Waals surface area contributed by atoms with Crippen LogP contribution in [-0.4, -0.2) is 18.2 Å². The molecule has 1 heterocycles. The van der Waals surface area contributed by atoms with Gasteiger partial charge in [-0.25, -0.2) is 0 Å². The number of amides is 1. The van der Waals surface area contributed by atoms with Crippen molar-refractivity contribution >= 4 is 35.0 Å². The third-order valence-electron chi connectivity index (χ3n) is 4.55. The van der Waals surface area contributed by atoms with Crippen LogP contribution in [0.3, 0.4) is 0 Å². The summed E-state index contributed by atoms with van der Waals surface area (Å²) in [7, 11) is 0. The van der Waals surface area contributed by atoms with E-state index < -0.39 is 0 Å². The minimum atomic E-state index is -0.213. The summed E-state index contributed by atoms with van der Waals surface area (Å²) in [5.41, 5.74) is 3.32. The minimum absolute atomic E-state index is 0.213. The van der Waals surface area contributed by atoms with E-state index >= 15 is 0 Å². The van der Waals surface area contributed by atoms with Crippen molar-refractivity contribution in [1.82, 2.24) is 0 Å². The van der Waals surface area contributed by atoms with Gasteiger partial charge >= 0.3 is 0 Å². The monoisotopic (exact) mass is 414 g/mol. The van der Waals surface area contributed by atoms with Crippen LogP contribution >= 0.6 is 11.6 Å². The number of ether oxygens (including phenoxy) is 1. The second kappa shape index (κ2) is 8.80. The summed E-state index contributed by atoms with van der Waals surface area (Å²) in [4.78, 5) is 13.4. The van der Waals surface area contributed by atoms with E-state index in [0.29, 0.717) is 39.9 Å². The number of benzene rings is 3. The first-order valence-electron chi connectivity index (χ1n) is 9.46. The third kappa shape index (κ3) is 4.04. The molecule has 0 radical (unpaired) electrons. The van der Waals surface area contributed by atoms with Gasteiger partial charge in [-0.1, -0.05) is 72.8 Å². The molecule has 3 aromatic carbocycles. The number of carbonyl (C=O) groups is 1. The van der Waals surface area contributed by atoms with E-state index in [1.165, 1.54) is 5.01 Å². The number of rotatable bonds is 6. The van der Waals surface area contributed by atoms with Crippen LogP contribution in [0.15, 0.2) is 102 Å². The lowest BCUT2D eigenvalue weighted by Gasteiger charge is -2.11. The van der Waals surface area contributed by atoms with Crippen molar-refractivity contribution in [2.45, 2.75) is 0 Å². The van der Waals surface area contributed by atoms with Crippen LogP contribution in [0, 0.1) is 0 Å². The predicted molar refractivity (Wildman–Crippen MR) is 122 cm³/mol. The lowest BCUT2D eigenvalue weighted by molar-refractivity contribution is -0.114. The molecule has 5 heteroatoms. The molecule has 0 saturated heterocycles. The molecule has 1 aliphatic rings. The van der Waals surface area contributed by atoms with Gasteiger partial charge in [-0.05, 0) is 36.4 Å². The zero-order chi connectivity index (χ0) is 20.9. The Morgan fingerprint density at radius 2 is 1.70 bits per heavy atom. The van der Waals surface area contributed by atoms with Crippen molar-refractivity contribution in [3.63, 3.8) is 0 Å². The summed E-state index contributed by atoms with van der Waals surface area (Å²) in [6, 6.07) is 24.3. The molecule has 0 bridgehead atoms. The summed E-state index contributed by atoms with van der Waals surface area (Å²) >= 11 is 6.22. The van der Waals surface area contributed by atoms with E-state index in [0.717, 1.165) is 5.56 Å². The summed E-state index contributed by atoms with van der Waals surface area (Å²) in [5, 5.41) is 6.62. The molecule has 4 nitrogen and oxygen atoms in total. The molecule has 3 aromatic rings. The lowest BCUT2D eigenvalue weighted by atomic mass is 10.00. The van der Waals surface area contributed by atoms with E-state index in [4.69, 9.17) is 16.3 Å². The molecule has 0 unspecified atom stereocenters. The fraction of sp³-hybridized carbons (Fsp3) is 0.0400. The highest BCUT2D eigenvalue weighted by molar-refractivity contribution is 6.37. The van der Waals surface area contributed by atoms with Crippen LogP contribution in [-0.2, 0) is 4.79 Å². The SMILES string of the molecule is C=CCOc1ccc(Cl)cc1/C=C1\C(=O)N(c2ccccc2)N=C1c1ccccc1. The lowest BCUT2D eigenvalue weighted by Crippen LogP contribution is -2.21. The Bertz CT molecular complexity index is 1140. The Kier molecular flexibility index (Phi) is 5.77. The number of carbonyl (C=O) groups excluding carboxylic acids is 1. The Labute approximate surface area is 180 Å². The summed E-state index contributed by atoms with van der Waals surface area (Å²) in [6.07, 6.45) is 3.45. The predicted octanol–water partition coefficient (Wildman–Crippen LogP) is 5.74. The normalized spacial score (nSPS) is 14.7. The largest absolute Gasteiger partial charge is 0.489 e. The summed E-state index contributed by atoms with van der Waals surface area (Å²) < 4.78 is 5.75.